The van der Waals surface area contributed by atoms with Crippen LogP contribution in [-0.2, 0) is 6.54 Å². The molecule has 4 heteroatoms. The van der Waals surface area contributed by atoms with Gasteiger partial charge in [-0.3, -0.25) is 9.88 Å². The zero-order valence-electron chi connectivity index (χ0n) is 12.9. The molecular weight excluding hydrogens is 238 g/mol. The Bertz CT molecular complexity index is 405. The topological polar surface area (TPSA) is 51.4 Å². The summed E-state index contributed by atoms with van der Waals surface area (Å²) in [5.41, 5.74) is 8.92. The minimum Gasteiger partial charge on any atom is -0.496 e. The highest BCUT2D eigenvalue weighted by molar-refractivity contribution is 5.41. The third kappa shape index (κ3) is 4.18. The van der Waals surface area contributed by atoms with Gasteiger partial charge < -0.3 is 10.5 Å². The minimum atomic E-state index is 0.486. The van der Waals surface area contributed by atoms with Crippen molar-refractivity contribution in [3.8, 4) is 5.75 Å². The molecule has 1 rings (SSSR count). The summed E-state index contributed by atoms with van der Waals surface area (Å²) in [4.78, 5) is 6.96. The van der Waals surface area contributed by atoms with Crippen molar-refractivity contribution in [2.45, 2.75) is 46.7 Å². The number of aromatic nitrogens is 1. The van der Waals surface area contributed by atoms with Gasteiger partial charge in [-0.2, -0.15) is 0 Å². The van der Waals surface area contributed by atoms with Crippen molar-refractivity contribution < 1.29 is 4.74 Å². The second-order valence-corrected chi connectivity index (χ2v) is 5.25. The highest BCUT2D eigenvalue weighted by Gasteiger charge is 2.15. The number of nitrogens with zero attached hydrogens (tertiary/aromatic N) is 2. The molecule has 0 aliphatic heterocycles. The molecule has 0 radical (unpaired) electrons. The molecule has 0 saturated carbocycles. The maximum Gasteiger partial charge on any atom is 0.128 e. The number of hydrogen-bond donors (Lipinski definition) is 1. The molecular formula is C15H27N3O. The van der Waals surface area contributed by atoms with Crippen molar-refractivity contribution in [2.75, 3.05) is 20.2 Å². The van der Waals surface area contributed by atoms with E-state index in [9.17, 15) is 0 Å². The van der Waals surface area contributed by atoms with Gasteiger partial charge in [-0.25, -0.2) is 0 Å². The van der Waals surface area contributed by atoms with Gasteiger partial charge in [0.25, 0.3) is 0 Å². The summed E-state index contributed by atoms with van der Waals surface area (Å²) in [6.07, 6.45) is 2.91. The van der Waals surface area contributed by atoms with Gasteiger partial charge in [-0.05, 0) is 40.7 Å². The Labute approximate surface area is 117 Å². The molecule has 0 atom stereocenters. The molecule has 0 saturated heterocycles. The van der Waals surface area contributed by atoms with Gasteiger partial charge in [0.2, 0.25) is 0 Å². The van der Waals surface area contributed by atoms with E-state index in [4.69, 9.17) is 10.5 Å². The molecule has 0 unspecified atom stereocenters. The number of rotatable bonds is 7. The van der Waals surface area contributed by atoms with Crippen LogP contribution in [0, 0.1) is 13.8 Å². The molecule has 0 bridgehead atoms. The fourth-order valence-corrected chi connectivity index (χ4v) is 2.24. The second-order valence-electron chi connectivity index (χ2n) is 5.25. The largest absolute Gasteiger partial charge is 0.496 e. The van der Waals surface area contributed by atoms with E-state index in [1.54, 1.807) is 7.11 Å². The van der Waals surface area contributed by atoms with Crippen LogP contribution in [0.5, 0.6) is 5.75 Å². The molecule has 0 amide bonds. The smallest absolute Gasteiger partial charge is 0.128 e. The van der Waals surface area contributed by atoms with Crippen molar-refractivity contribution >= 4 is 0 Å². The Morgan fingerprint density at radius 2 is 2.05 bits per heavy atom. The minimum absolute atomic E-state index is 0.486. The van der Waals surface area contributed by atoms with Gasteiger partial charge in [-0.1, -0.05) is 0 Å². The molecule has 2 N–H and O–H groups in total. The quantitative estimate of drug-likeness (QED) is 0.821. The van der Waals surface area contributed by atoms with Crippen LogP contribution >= 0.6 is 0 Å². The van der Waals surface area contributed by atoms with Gasteiger partial charge >= 0.3 is 0 Å². The SMILES string of the molecule is COc1c(C)cnc(CN(CCCN)C(C)C)c1C. The van der Waals surface area contributed by atoms with E-state index in [1.807, 2.05) is 13.1 Å². The summed E-state index contributed by atoms with van der Waals surface area (Å²) in [6.45, 7) is 11.1. The van der Waals surface area contributed by atoms with E-state index in [0.717, 1.165) is 48.6 Å². The van der Waals surface area contributed by atoms with E-state index in [-0.39, 0.29) is 0 Å². The molecule has 19 heavy (non-hydrogen) atoms. The molecule has 4 nitrogen and oxygen atoms in total. The number of hydrogen-bond acceptors (Lipinski definition) is 4. The van der Waals surface area contributed by atoms with E-state index < -0.39 is 0 Å². The van der Waals surface area contributed by atoms with Crippen LogP contribution in [0.1, 0.15) is 37.1 Å². The average molecular weight is 265 g/mol. The van der Waals surface area contributed by atoms with Crippen LogP contribution < -0.4 is 10.5 Å². The lowest BCUT2D eigenvalue weighted by atomic mass is 10.1. The monoisotopic (exact) mass is 265 g/mol. The van der Waals surface area contributed by atoms with Gasteiger partial charge in [0.05, 0.1) is 12.8 Å². The molecule has 108 valence electrons. The summed E-state index contributed by atoms with van der Waals surface area (Å²) in [5.74, 6) is 0.951. The van der Waals surface area contributed by atoms with Crippen LogP contribution in [0.3, 0.4) is 0 Å². The van der Waals surface area contributed by atoms with Crippen molar-refractivity contribution in [3.63, 3.8) is 0 Å². The zero-order valence-corrected chi connectivity index (χ0v) is 12.9. The number of ether oxygens (including phenoxy) is 1. The van der Waals surface area contributed by atoms with Gasteiger partial charge in [0, 0.05) is 36.5 Å². The Morgan fingerprint density at radius 1 is 1.37 bits per heavy atom. The number of aryl methyl sites for hydroxylation is 1. The molecule has 0 aromatic carbocycles. The summed E-state index contributed by atoms with van der Waals surface area (Å²) in [6, 6.07) is 0.486. The fourth-order valence-electron chi connectivity index (χ4n) is 2.24. The predicted molar refractivity (Wildman–Crippen MR) is 79.5 cm³/mol. The first kappa shape index (κ1) is 15.9. The lowest BCUT2D eigenvalue weighted by Crippen LogP contribution is -2.33. The maximum atomic E-state index is 5.60. The standard InChI is InChI=1S/C15H27N3O/c1-11(2)18(8-6-7-16)10-14-13(4)15(19-5)12(3)9-17-14/h9,11H,6-8,10,16H2,1-5H3. The zero-order chi connectivity index (χ0) is 14.4. The molecule has 1 aromatic rings. The molecule has 1 aromatic heterocycles. The van der Waals surface area contributed by atoms with Crippen molar-refractivity contribution in [1.29, 1.82) is 0 Å². The number of methoxy groups -OCH3 is 1. The Balaban J connectivity index is 2.90. The Kier molecular flexibility index (Phi) is 6.25. The average Bonchev–Trinajstić information content (AvgIpc) is 2.37. The van der Waals surface area contributed by atoms with Crippen LogP contribution in [0.15, 0.2) is 6.20 Å². The van der Waals surface area contributed by atoms with Crippen LogP contribution in [-0.4, -0.2) is 36.1 Å². The summed E-state index contributed by atoms with van der Waals surface area (Å²) >= 11 is 0. The highest BCUT2D eigenvalue weighted by atomic mass is 16.5. The third-order valence-corrected chi connectivity index (χ3v) is 3.48. The summed E-state index contributed by atoms with van der Waals surface area (Å²) < 4.78 is 5.46. The predicted octanol–water partition coefficient (Wildman–Crippen LogP) is 2.27. The first-order valence-electron chi connectivity index (χ1n) is 6.94. The third-order valence-electron chi connectivity index (χ3n) is 3.48. The Morgan fingerprint density at radius 3 is 2.58 bits per heavy atom. The van der Waals surface area contributed by atoms with Gasteiger partial charge in [-0.15, -0.1) is 0 Å². The van der Waals surface area contributed by atoms with Gasteiger partial charge in [0.1, 0.15) is 5.75 Å². The summed E-state index contributed by atoms with van der Waals surface area (Å²) in [5, 5.41) is 0. The van der Waals surface area contributed by atoms with E-state index in [0.29, 0.717) is 6.04 Å². The molecule has 0 spiro atoms. The van der Waals surface area contributed by atoms with Crippen molar-refractivity contribution in [3.05, 3.63) is 23.0 Å². The van der Waals surface area contributed by atoms with Crippen molar-refractivity contribution in [2.24, 2.45) is 5.73 Å². The van der Waals surface area contributed by atoms with Crippen LogP contribution in [0.25, 0.3) is 0 Å². The van der Waals surface area contributed by atoms with E-state index in [2.05, 4.69) is 30.7 Å². The molecule has 0 aliphatic rings. The highest BCUT2D eigenvalue weighted by Crippen LogP contribution is 2.25. The van der Waals surface area contributed by atoms with Crippen LogP contribution in [0.4, 0.5) is 0 Å². The second kappa shape index (κ2) is 7.46. The van der Waals surface area contributed by atoms with Crippen molar-refractivity contribution in [1.82, 2.24) is 9.88 Å². The molecule has 0 fully saturated rings. The van der Waals surface area contributed by atoms with Crippen LogP contribution in [0.2, 0.25) is 0 Å². The van der Waals surface area contributed by atoms with E-state index >= 15 is 0 Å². The number of pyridine rings is 1. The van der Waals surface area contributed by atoms with E-state index in [1.165, 1.54) is 0 Å². The lowest BCUT2D eigenvalue weighted by molar-refractivity contribution is 0.208. The maximum absolute atomic E-state index is 5.60. The molecule has 0 aliphatic carbocycles. The normalized spacial score (nSPS) is 11.4. The fraction of sp³-hybridized carbons (Fsp3) is 0.667. The Hall–Kier alpha value is -1.13. The lowest BCUT2D eigenvalue weighted by Gasteiger charge is -2.27. The van der Waals surface area contributed by atoms with Gasteiger partial charge in [0.15, 0.2) is 0 Å². The first-order valence-corrected chi connectivity index (χ1v) is 6.94. The first-order chi connectivity index (χ1) is 9.01. The summed E-state index contributed by atoms with van der Waals surface area (Å²) in [7, 11) is 1.72. The number of nitrogens with two attached hydrogens (primary N) is 1. The molecule has 1 heterocycles.